The molecule has 0 aromatic carbocycles. The fourth-order valence-electron chi connectivity index (χ4n) is 5.86. The Labute approximate surface area is 351 Å². The SMILES string of the molecule is CCCCCCCCCCCCCCCCCCOCCOCCOCCOCCOCCOCCOCCOCCOCCOCCOCCN1C(=O)C=CC1=O. The summed E-state index contributed by atoms with van der Waals surface area (Å²) in [5.74, 6) is -0.608. The molecule has 0 aliphatic carbocycles. The maximum absolute atomic E-state index is 11.4. The summed E-state index contributed by atoms with van der Waals surface area (Å²) in [6.07, 6.45) is 24.6. The lowest BCUT2D eigenvalue weighted by Gasteiger charge is -2.13. The molecule has 0 bridgehead atoms. The van der Waals surface area contributed by atoms with Gasteiger partial charge in [0.25, 0.3) is 11.8 Å². The molecule has 14 heteroatoms. The van der Waals surface area contributed by atoms with Crippen LogP contribution in [-0.4, -0.2) is 169 Å². The molecular formula is C44H83NO13. The number of ether oxygens (including phenoxy) is 11. The smallest absolute Gasteiger partial charge is 0.253 e. The summed E-state index contributed by atoms with van der Waals surface area (Å²) in [4.78, 5) is 24.0. The highest BCUT2D eigenvalue weighted by Gasteiger charge is 2.22. The van der Waals surface area contributed by atoms with Crippen LogP contribution < -0.4 is 0 Å². The molecule has 0 aromatic heterocycles. The molecule has 1 rings (SSSR count). The molecule has 1 aliphatic heterocycles. The van der Waals surface area contributed by atoms with Crippen LogP contribution in [0.1, 0.15) is 110 Å². The molecule has 0 spiro atoms. The summed E-state index contributed by atoms with van der Waals surface area (Å²) in [7, 11) is 0. The average Bonchev–Trinajstić information content (AvgIpc) is 3.55. The van der Waals surface area contributed by atoms with Gasteiger partial charge in [0.15, 0.2) is 0 Å². The van der Waals surface area contributed by atoms with Crippen LogP contribution in [0.3, 0.4) is 0 Å². The molecule has 1 heterocycles. The standard InChI is InChI=1S/C44H83NO13/c1-2-3-4-5-6-7-8-9-10-11-12-13-14-15-16-17-21-48-23-25-50-27-29-52-31-33-54-35-37-56-39-41-58-42-40-57-38-36-55-34-32-53-30-28-51-26-24-49-22-20-45-43(46)18-19-44(45)47/h18-19H,2-17,20-42H2,1H3. The fourth-order valence-corrected chi connectivity index (χ4v) is 5.86. The number of imide groups is 1. The molecule has 0 N–H and O–H groups in total. The van der Waals surface area contributed by atoms with Crippen molar-refractivity contribution in [1.82, 2.24) is 4.90 Å². The molecular weight excluding hydrogens is 750 g/mol. The Morgan fingerprint density at radius 3 is 0.759 bits per heavy atom. The number of hydrogen-bond donors (Lipinski definition) is 0. The summed E-state index contributed by atoms with van der Waals surface area (Å²) in [6.45, 7) is 13.7. The van der Waals surface area contributed by atoms with Crippen molar-refractivity contribution in [3.05, 3.63) is 12.2 Å². The van der Waals surface area contributed by atoms with E-state index in [0.717, 1.165) is 17.9 Å². The van der Waals surface area contributed by atoms with Gasteiger partial charge in [-0.1, -0.05) is 103 Å². The van der Waals surface area contributed by atoms with Crippen LogP contribution in [-0.2, 0) is 61.7 Å². The quantitative estimate of drug-likeness (QED) is 0.0497. The van der Waals surface area contributed by atoms with Gasteiger partial charge in [-0.05, 0) is 6.42 Å². The molecule has 0 fully saturated rings. The lowest BCUT2D eigenvalue weighted by molar-refractivity contribution is -0.137. The first-order chi connectivity index (χ1) is 28.8. The second-order valence-corrected chi connectivity index (χ2v) is 14.2. The molecule has 0 unspecified atom stereocenters. The molecule has 0 aromatic rings. The van der Waals surface area contributed by atoms with E-state index in [2.05, 4.69) is 6.92 Å². The van der Waals surface area contributed by atoms with E-state index >= 15 is 0 Å². The van der Waals surface area contributed by atoms with E-state index in [1.807, 2.05) is 0 Å². The highest BCUT2D eigenvalue weighted by molar-refractivity contribution is 6.12. The second-order valence-electron chi connectivity index (χ2n) is 14.2. The van der Waals surface area contributed by atoms with E-state index in [4.69, 9.17) is 52.1 Å². The number of rotatable bonds is 50. The Morgan fingerprint density at radius 2 is 0.500 bits per heavy atom. The summed E-state index contributed by atoms with van der Waals surface area (Å²) in [5.41, 5.74) is 0. The van der Waals surface area contributed by atoms with Crippen molar-refractivity contribution < 1.29 is 61.7 Å². The highest BCUT2D eigenvalue weighted by atomic mass is 16.6. The van der Waals surface area contributed by atoms with Crippen LogP contribution in [0.25, 0.3) is 0 Å². The Kier molecular flexibility index (Phi) is 43.7. The number of unbranched alkanes of at least 4 members (excludes halogenated alkanes) is 15. The van der Waals surface area contributed by atoms with E-state index in [1.54, 1.807) is 0 Å². The summed E-state index contributed by atoms with van der Waals surface area (Å²) in [6, 6.07) is 0. The first-order valence-corrected chi connectivity index (χ1v) is 22.6. The lowest BCUT2D eigenvalue weighted by atomic mass is 10.0. The minimum absolute atomic E-state index is 0.242. The highest BCUT2D eigenvalue weighted by Crippen LogP contribution is 2.13. The van der Waals surface area contributed by atoms with Crippen LogP contribution in [0.4, 0.5) is 0 Å². The van der Waals surface area contributed by atoms with Gasteiger partial charge >= 0.3 is 0 Å². The number of hydrogen-bond acceptors (Lipinski definition) is 13. The summed E-state index contributed by atoms with van der Waals surface area (Å²) < 4.78 is 60.6. The monoisotopic (exact) mass is 834 g/mol. The molecule has 0 radical (unpaired) electrons. The van der Waals surface area contributed by atoms with E-state index in [0.29, 0.717) is 132 Å². The largest absolute Gasteiger partial charge is 0.379 e. The van der Waals surface area contributed by atoms with Crippen LogP contribution in [0.15, 0.2) is 12.2 Å². The van der Waals surface area contributed by atoms with Crippen LogP contribution >= 0.6 is 0 Å². The van der Waals surface area contributed by atoms with Gasteiger partial charge in [-0.2, -0.15) is 0 Å². The summed E-state index contributed by atoms with van der Waals surface area (Å²) >= 11 is 0. The van der Waals surface area contributed by atoms with Gasteiger partial charge in [0.2, 0.25) is 0 Å². The minimum atomic E-state index is -0.304. The second kappa shape index (κ2) is 46.5. The Morgan fingerprint density at radius 1 is 0.293 bits per heavy atom. The molecule has 1 aliphatic rings. The number of carbonyl (C=O) groups excluding carboxylic acids is 2. The van der Waals surface area contributed by atoms with Crippen molar-refractivity contribution >= 4 is 11.8 Å². The first kappa shape index (κ1) is 54.5. The van der Waals surface area contributed by atoms with E-state index in [1.165, 1.54) is 108 Å². The van der Waals surface area contributed by atoms with Crippen molar-refractivity contribution in [2.45, 2.75) is 110 Å². The van der Waals surface area contributed by atoms with E-state index in [-0.39, 0.29) is 25.0 Å². The average molecular weight is 834 g/mol. The van der Waals surface area contributed by atoms with E-state index in [9.17, 15) is 9.59 Å². The maximum Gasteiger partial charge on any atom is 0.253 e. The molecule has 342 valence electrons. The number of amides is 2. The molecule has 0 saturated carbocycles. The zero-order valence-corrected chi connectivity index (χ0v) is 36.5. The van der Waals surface area contributed by atoms with Gasteiger partial charge in [0.05, 0.1) is 145 Å². The topological polar surface area (TPSA) is 139 Å². The molecule has 14 nitrogen and oxygen atoms in total. The lowest BCUT2D eigenvalue weighted by Crippen LogP contribution is -2.33. The zero-order valence-electron chi connectivity index (χ0n) is 36.5. The Balaban J connectivity index is 1.60. The zero-order chi connectivity index (χ0) is 41.5. The Hall–Kier alpha value is -1.56. The third kappa shape index (κ3) is 39.9. The molecule has 2 amide bonds. The number of carbonyl (C=O) groups is 2. The van der Waals surface area contributed by atoms with Gasteiger partial charge in [0, 0.05) is 18.8 Å². The van der Waals surface area contributed by atoms with Crippen molar-refractivity contribution in [1.29, 1.82) is 0 Å². The predicted molar refractivity (Wildman–Crippen MR) is 224 cm³/mol. The van der Waals surface area contributed by atoms with E-state index < -0.39 is 0 Å². The van der Waals surface area contributed by atoms with Gasteiger partial charge in [0.1, 0.15) is 0 Å². The van der Waals surface area contributed by atoms with Gasteiger partial charge in [-0.3, -0.25) is 14.5 Å². The number of nitrogens with zero attached hydrogens (tertiary/aromatic N) is 1. The van der Waals surface area contributed by atoms with Crippen LogP contribution in [0.5, 0.6) is 0 Å². The maximum atomic E-state index is 11.4. The van der Waals surface area contributed by atoms with Crippen molar-refractivity contribution in [3.63, 3.8) is 0 Å². The van der Waals surface area contributed by atoms with Gasteiger partial charge in [-0.15, -0.1) is 0 Å². The van der Waals surface area contributed by atoms with Crippen LogP contribution in [0.2, 0.25) is 0 Å². The van der Waals surface area contributed by atoms with Crippen LogP contribution in [0, 0.1) is 0 Å². The third-order valence-corrected chi connectivity index (χ3v) is 9.22. The van der Waals surface area contributed by atoms with Crippen molar-refractivity contribution in [2.24, 2.45) is 0 Å². The first-order valence-electron chi connectivity index (χ1n) is 22.6. The molecule has 0 atom stereocenters. The summed E-state index contributed by atoms with van der Waals surface area (Å²) in [5, 5.41) is 0. The van der Waals surface area contributed by atoms with Gasteiger partial charge in [-0.25, -0.2) is 0 Å². The minimum Gasteiger partial charge on any atom is -0.379 e. The predicted octanol–water partition coefficient (Wildman–Crippen LogP) is 6.36. The Bertz CT molecular complexity index is 880. The fraction of sp³-hybridized carbons (Fsp3) is 0.909. The normalized spacial score (nSPS) is 12.9. The van der Waals surface area contributed by atoms with Crippen molar-refractivity contribution in [3.8, 4) is 0 Å². The van der Waals surface area contributed by atoms with Gasteiger partial charge < -0.3 is 52.1 Å². The molecule has 58 heavy (non-hydrogen) atoms. The third-order valence-electron chi connectivity index (χ3n) is 9.22. The molecule has 0 saturated heterocycles. The van der Waals surface area contributed by atoms with Crippen molar-refractivity contribution in [2.75, 3.05) is 152 Å².